The molecule has 0 radical (unpaired) electrons. The molecule has 1 rings (SSSR count). The molecule has 0 heterocycles. The van der Waals surface area contributed by atoms with E-state index >= 15 is 0 Å². The fraction of sp³-hybridized carbons (Fsp3) is 0.429. The van der Waals surface area contributed by atoms with Crippen molar-refractivity contribution in [3.05, 3.63) is 21.8 Å². The van der Waals surface area contributed by atoms with Gasteiger partial charge in [0.2, 0.25) is 0 Å². The minimum atomic E-state index is -0.888. The minimum Gasteiger partial charge on any atom is -0.506 e. The highest BCUT2D eigenvalue weighted by molar-refractivity contribution is 14.1. The summed E-state index contributed by atoms with van der Waals surface area (Å²) in [5, 5.41) is 51.6. The second-order valence-electron chi connectivity index (χ2n) is 5.11. The Bertz CT molecular complexity index is 626. The number of rotatable bonds is 8. The van der Waals surface area contributed by atoms with Crippen molar-refractivity contribution >= 4 is 79.6 Å². The zero-order valence-electron chi connectivity index (χ0n) is 13.2. The molecule has 0 aliphatic heterocycles. The number of carbonyl (C=O) groups excluding carboxylic acids is 2. The largest absolute Gasteiger partial charge is 0.506 e. The second-order valence-corrected chi connectivity index (χ2v) is 8.35. The normalized spacial score (nSPS) is 11.1. The van der Waals surface area contributed by atoms with Crippen LogP contribution in [0.5, 0.6) is 5.75 Å². The van der Waals surface area contributed by atoms with E-state index in [0.717, 1.165) is 0 Å². The molecule has 7 N–H and O–H groups in total. The lowest BCUT2D eigenvalue weighted by molar-refractivity contribution is 0.0873. The van der Waals surface area contributed by atoms with Crippen LogP contribution in [0.2, 0.25) is 0 Å². The second kappa shape index (κ2) is 11.1. The lowest BCUT2D eigenvalue weighted by Crippen LogP contribution is -2.42. The number of benzene rings is 1. The highest BCUT2D eigenvalue weighted by Crippen LogP contribution is 2.36. The Morgan fingerprint density at radius 2 is 1.04 bits per heavy atom. The molecule has 12 heteroatoms. The first-order valence-electron chi connectivity index (χ1n) is 7.17. The number of amides is 2. The highest BCUT2D eigenvalue weighted by atomic mass is 127. The van der Waals surface area contributed by atoms with Crippen LogP contribution in [0.25, 0.3) is 0 Å². The van der Waals surface area contributed by atoms with Gasteiger partial charge in [-0.3, -0.25) is 9.59 Å². The first-order chi connectivity index (χ1) is 12.2. The zero-order valence-corrected chi connectivity index (χ0v) is 19.6. The molecule has 2 amide bonds. The van der Waals surface area contributed by atoms with E-state index in [1.165, 1.54) is 0 Å². The summed E-state index contributed by atoms with van der Waals surface area (Å²) < 4.78 is 0.662. The maximum atomic E-state index is 12.5. The lowest BCUT2D eigenvalue weighted by Gasteiger charge is -2.20. The van der Waals surface area contributed by atoms with Crippen molar-refractivity contribution in [3.8, 4) is 5.75 Å². The number of phenolic OH excluding ortho intramolecular Hbond substituents is 1. The zero-order chi connectivity index (χ0) is 20.0. The van der Waals surface area contributed by atoms with Gasteiger partial charge in [0.05, 0.1) is 56.8 Å². The predicted octanol–water partition coefficient (Wildman–Crippen LogP) is -0.628. The molecule has 1 aromatic carbocycles. The average Bonchev–Trinajstić information content (AvgIpc) is 2.62. The van der Waals surface area contributed by atoms with E-state index < -0.39 is 50.3 Å². The molecule has 26 heavy (non-hydrogen) atoms. The summed E-state index contributed by atoms with van der Waals surface area (Å²) in [4.78, 5) is 25.0. The van der Waals surface area contributed by atoms with Crippen LogP contribution in [-0.4, -0.2) is 75.9 Å². The van der Waals surface area contributed by atoms with Crippen molar-refractivity contribution in [2.45, 2.75) is 12.1 Å². The molecule has 0 bridgehead atoms. The Morgan fingerprint density at radius 1 is 0.731 bits per heavy atom. The molecule has 0 aliphatic rings. The minimum absolute atomic E-state index is 0.0192. The number of halogens is 3. The van der Waals surface area contributed by atoms with Gasteiger partial charge in [0.25, 0.3) is 11.8 Å². The molecule has 0 spiro atoms. The topological polar surface area (TPSA) is 159 Å². The maximum absolute atomic E-state index is 12.5. The fourth-order valence-corrected chi connectivity index (χ4v) is 6.01. The highest BCUT2D eigenvalue weighted by Gasteiger charge is 2.29. The van der Waals surface area contributed by atoms with Gasteiger partial charge in [-0.1, -0.05) is 0 Å². The van der Waals surface area contributed by atoms with Crippen molar-refractivity contribution in [2.24, 2.45) is 0 Å². The van der Waals surface area contributed by atoms with Crippen LogP contribution in [0.1, 0.15) is 20.7 Å². The van der Waals surface area contributed by atoms with E-state index in [4.69, 9.17) is 20.4 Å². The summed E-state index contributed by atoms with van der Waals surface area (Å²) in [7, 11) is 0. The SMILES string of the molecule is O=C(NC(CO)CO)c1c(I)c(O)c(I)c(C(=O)NC(CO)CO)c1I. The molecule has 9 nitrogen and oxygen atoms in total. The summed E-state index contributed by atoms with van der Waals surface area (Å²) in [6, 6.07) is -1.78. The average molecular weight is 706 g/mol. The van der Waals surface area contributed by atoms with Crippen LogP contribution < -0.4 is 10.6 Å². The van der Waals surface area contributed by atoms with Crippen LogP contribution in [-0.2, 0) is 0 Å². The van der Waals surface area contributed by atoms with Crippen molar-refractivity contribution in [3.63, 3.8) is 0 Å². The quantitative estimate of drug-likeness (QED) is 0.178. The summed E-state index contributed by atoms with van der Waals surface area (Å²) in [5.41, 5.74) is 0.0384. The van der Waals surface area contributed by atoms with Crippen molar-refractivity contribution in [2.75, 3.05) is 26.4 Å². The van der Waals surface area contributed by atoms with Gasteiger partial charge in [-0.15, -0.1) is 0 Å². The first kappa shape index (κ1) is 24.0. The van der Waals surface area contributed by atoms with Crippen molar-refractivity contribution in [1.82, 2.24) is 10.6 Å². The first-order valence-corrected chi connectivity index (χ1v) is 10.4. The third-order valence-electron chi connectivity index (χ3n) is 3.30. The van der Waals surface area contributed by atoms with Gasteiger partial charge in [-0.25, -0.2) is 0 Å². The summed E-state index contributed by atoms with van der Waals surface area (Å²) in [6.07, 6.45) is 0. The summed E-state index contributed by atoms with van der Waals surface area (Å²) >= 11 is 5.32. The Hall–Kier alpha value is -0.0100. The monoisotopic (exact) mass is 706 g/mol. The fourth-order valence-electron chi connectivity index (χ4n) is 1.86. The van der Waals surface area contributed by atoms with E-state index in [2.05, 4.69) is 10.6 Å². The van der Waals surface area contributed by atoms with Crippen LogP contribution in [0.4, 0.5) is 0 Å². The van der Waals surface area contributed by atoms with E-state index in [0.29, 0.717) is 0 Å². The molecule has 1 aromatic rings. The number of nitrogens with one attached hydrogen (secondary N) is 2. The van der Waals surface area contributed by atoms with Crippen LogP contribution >= 0.6 is 67.8 Å². The molecule has 0 aliphatic carbocycles. The Morgan fingerprint density at radius 3 is 1.31 bits per heavy atom. The van der Waals surface area contributed by atoms with E-state index in [9.17, 15) is 14.7 Å². The number of aromatic hydroxyl groups is 1. The molecule has 0 fully saturated rings. The van der Waals surface area contributed by atoms with Crippen LogP contribution in [0.3, 0.4) is 0 Å². The maximum Gasteiger partial charge on any atom is 0.253 e. The van der Waals surface area contributed by atoms with Gasteiger partial charge in [0.15, 0.2) is 0 Å². The number of hydrogen-bond acceptors (Lipinski definition) is 7. The molecular weight excluding hydrogens is 689 g/mol. The predicted molar refractivity (Wildman–Crippen MR) is 117 cm³/mol. The number of hydrogen-bond donors (Lipinski definition) is 7. The molecule has 0 saturated heterocycles. The number of aliphatic hydroxyl groups is 4. The molecule has 0 aromatic heterocycles. The molecule has 146 valence electrons. The Labute approximate surface area is 190 Å². The van der Waals surface area contributed by atoms with Gasteiger partial charge in [0.1, 0.15) is 5.75 Å². The van der Waals surface area contributed by atoms with Gasteiger partial charge in [-0.05, 0) is 67.8 Å². The van der Waals surface area contributed by atoms with Crippen LogP contribution in [0.15, 0.2) is 0 Å². The van der Waals surface area contributed by atoms with Crippen LogP contribution in [0, 0.1) is 10.7 Å². The van der Waals surface area contributed by atoms with E-state index in [-0.39, 0.29) is 27.6 Å². The number of aliphatic hydroxyl groups excluding tert-OH is 4. The molecule has 0 unspecified atom stereocenters. The summed E-state index contributed by atoms with van der Waals surface area (Å²) in [6.45, 7) is -1.91. The molecular formula is C14H17I3N2O7. The third-order valence-corrected chi connectivity index (χ3v) is 6.48. The van der Waals surface area contributed by atoms with Crippen molar-refractivity contribution in [1.29, 1.82) is 0 Å². The third kappa shape index (κ3) is 5.51. The molecule has 0 atom stereocenters. The Kier molecular flexibility index (Phi) is 10.3. The smallest absolute Gasteiger partial charge is 0.253 e. The summed E-state index contributed by atoms with van der Waals surface area (Å²) in [5.74, 6) is -1.61. The number of carbonyl (C=O) groups is 2. The molecule has 0 saturated carbocycles. The van der Waals surface area contributed by atoms with E-state index in [1.54, 1.807) is 67.8 Å². The number of phenols is 1. The van der Waals surface area contributed by atoms with Gasteiger partial charge >= 0.3 is 0 Å². The van der Waals surface area contributed by atoms with Gasteiger partial charge < -0.3 is 36.2 Å². The lowest BCUT2D eigenvalue weighted by atomic mass is 10.1. The Balaban J connectivity index is 3.40. The van der Waals surface area contributed by atoms with Crippen molar-refractivity contribution < 1.29 is 35.1 Å². The van der Waals surface area contributed by atoms with Gasteiger partial charge in [-0.2, -0.15) is 0 Å². The van der Waals surface area contributed by atoms with Gasteiger partial charge in [0, 0.05) is 3.57 Å². The van der Waals surface area contributed by atoms with E-state index in [1.807, 2.05) is 0 Å². The standard InChI is InChI=1S/C14H17I3N2O7/c15-9-7(13(25)18-5(1-20)2-21)10(16)12(24)11(17)8(9)14(26)19-6(3-22)4-23/h5-6,20-24H,1-4H2,(H,18,25)(H,19,26).